The standard InChI is InChI=1S/C12H10ClN3O3/c13-7-3-4-9(14)8(6-7)11(17)15-16-12(18)10-2-1-5-19-10/h1-6H,14H2,(H,15,17)(H,16,18). The summed E-state index contributed by atoms with van der Waals surface area (Å²) < 4.78 is 4.87. The lowest BCUT2D eigenvalue weighted by Gasteiger charge is -2.08. The van der Waals surface area contributed by atoms with Crippen LogP contribution in [0.3, 0.4) is 0 Å². The van der Waals surface area contributed by atoms with E-state index in [1.165, 1.54) is 24.5 Å². The molecule has 1 aromatic heterocycles. The zero-order valence-corrected chi connectivity index (χ0v) is 10.4. The maximum absolute atomic E-state index is 11.8. The fourth-order valence-electron chi connectivity index (χ4n) is 1.38. The fourth-order valence-corrected chi connectivity index (χ4v) is 1.55. The Balaban J connectivity index is 2.02. The largest absolute Gasteiger partial charge is 0.459 e. The van der Waals surface area contributed by atoms with Gasteiger partial charge in [-0.1, -0.05) is 11.6 Å². The van der Waals surface area contributed by atoms with Gasteiger partial charge in [0.2, 0.25) is 0 Å². The van der Waals surface area contributed by atoms with Crippen molar-refractivity contribution < 1.29 is 14.0 Å². The maximum Gasteiger partial charge on any atom is 0.305 e. The molecule has 0 spiro atoms. The summed E-state index contributed by atoms with van der Waals surface area (Å²) in [6.07, 6.45) is 1.35. The smallest absolute Gasteiger partial charge is 0.305 e. The molecule has 0 saturated heterocycles. The van der Waals surface area contributed by atoms with Gasteiger partial charge in [-0.15, -0.1) is 0 Å². The molecule has 98 valence electrons. The predicted molar refractivity (Wildman–Crippen MR) is 69.5 cm³/mol. The van der Waals surface area contributed by atoms with Crippen LogP contribution in [0.1, 0.15) is 20.9 Å². The number of furan rings is 1. The van der Waals surface area contributed by atoms with Crippen molar-refractivity contribution in [3.8, 4) is 0 Å². The van der Waals surface area contributed by atoms with Crippen LogP contribution in [0.2, 0.25) is 5.02 Å². The van der Waals surface area contributed by atoms with Gasteiger partial charge in [-0.2, -0.15) is 0 Å². The first-order chi connectivity index (χ1) is 9.08. The third-order valence-electron chi connectivity index (χ3n) is 2.29. The Bertz CT molecular complexity index is 611. The Morgan fingerprint density at radius 3 is 2.58 bits per heavy atom. The van der Waals surface area contributed by atoms with Crippen LogP contribution in [0.5, 0.6) is 0 Å². The zero-order chi connectivity index (χ0) is 13.8. The lowest BCUT2D eigenvalue weighted by atomic mass is 10.2. The molecule has 2 rings (SSSR count). The highest BCUT2D eigenvalue weighted by atomic mass is 35.5. The van der Waals surface area contributed by atoms with Crippen molar-refractivity contribution in [3.05, 3.63) is 52.9 Å². The van der Waals surface area contributed by atoms with E-state index in [4.69, 9.17) is 21.8 Å². The molecule has 4 N–H and O–H groups in total. The normalized spacial score (nSPS) is 9.95. The molecule has 0 aliphatic heterocycles. The summed E-state index contributed by atoms with van der Waals surface area (Å²) in [5.74, 6) is -1.06. The number of carbonyl (C=O) groups is 2. The van der Waals surface area contributed by atoms with Gasteiger partial charge in [-0.05, 0) is 30.3 Å². The number of hydrogen-bond acceptors (Lipinski definition) is 4. The number of rotatable bonds is 2. The van der Waals surface area contributed by atoms with Gasteiger partial charge < -0.3 is 10.2 Å². The lowest BCUT2D eigenvalue weighted by Crippen LogP contribution is -2.41. The van der Waals surface area contributed by atoms with E-state index in [0.29, 0.717) is 5.02 Å². The van der Waals surface area contributed by atoms with Crippen LogP contribution in [0.4, 0.5) is 5.69 Å². The average Bonchev–Trinajstić information content (AvgIpc) is 2.92. The Morgan fingerprint density at radius 2 is 1.89 bits per heavy atom. The molecule has 0 aliphatic carbocycles. The third kappa shape index (κ3) is 3.05. The summed E-state index contributed by atoms with van der Waals surface area (Å²) >= 11 is 5.77. The monoisotopic (exact) mass is 279 g/mol. The number of halogens is 1. The fraction of sp³-hybridized carbons (Fsp3) is 0. The Labute approximate surface area is 113 Å². The molecule has 0 aliphatic rings. The molecule has 0 unspecified atom stereocenters. The lowest BCUT2D eigenvalue weighted by molar-refractivity contribution is 0.0831. The topological polar surface area (TPSA) is 97.4 Å². The second-order valence-electron chi connectivity index (χ2n) is 3.62. The third-order valence-corrected chi connectivity index (χ3v) is 2.53. The van der Waals surface area contributed by atoms with Gasteiger partial charge in [-0.25, -0.2) is 0 Å². The molecule has 2 amide bonds. The Kier molecular flexibility index (Phi) is 3.72. The number of amides is 2. The summed E-state index contributed by atoms with van der Waals surface area (Å²) in [6, 6.07) is 7.51. The first-order valence-corrected chi connectivity index (χ1v) is 5.65. The van der Waals surface area contributed by atoms with Crippen LogP contribution < -0.4 is 16.6 Å². The van der Waals surface area contributed by atoms with E-state index in [1.54, 1.807) is 12.1 Å². The summed E-state index contributed by atoms with van der Waals surface area (Å²) in [7, 11) is 0. The predicted octanol–water partition coefficient (Wildman–Crippen LogP) is 1.59. The van der Waals surface area contributed by atoms with Crippen LogP contribution in [0.25, 0.3) is 0 Å². The van der Waals surface area contributed by atoms with Crippen molar-refractivity contribution in [3.63, 3.8) is 0 Å². The van der Waals surface area contributed by atoms with Gasteiger partial charge in [0, 0.05) is 10.7 Å². The summed E-state index contributed by atoms with van der Waals surface area (Å²) in [5, 5.41) is 0.372. The number of nitrogens with two attached hydrogens (primary N) is 1. The van der Waals surface area contributed by atoms with Crippen LogP contribution in [-0.4, -0.2) is 11.8 Å². The van der Waals surface area contributed by atoms with Crippen LogP contribution in [0, 0.1) is 0 Å². The van der Waals surface area contributed by atoms with Crippen molar-refractivity contribution in [2.24, 2.45) is 0 Å². The van der Waals surface area contributed by atoms with E-state index in [2.05, 4.69) is 10.9 Å². The van der Waals surface area contributed by atoms with Crippen molar-refractivity contribution in [1.82, 2.24) is 10.9 Å². The van der Waals surface area contributed by atoms with Crippen LogP contribution in [0.15, 0.2) is 41.0 Å². The number of hydrogen-bond donors (Lipinski definition) is 3. The Morgan fingerprint density at radius 1 is 1.16 bits per heavy atom. The van der Waals surface area contributed by atoms with Crippen LogP contribution >= 0.6 is 11.6 Å². The van der Waals surface area contributed by atoms with E-state index in [-0.39, 0.29) is 17.0 Å². The van der Waals surface area contributed by atoms with E-state index in [9.17, 15) is 9.59 Å². The second kappa shape index (κ2) is 5.45. The molecule has 0 fully saturated rings. The minimum absolute atomic E-state index is 0.0827. The molecular formula is C12H10ClN3O3. The molecular weight excluding hydrogens is 270 g/mol. The highest BCUT2D eigenvalue weighted by molar-refractivity contribution is 6.31. The molecule has 7 heteroatoms. The van der Waals surface area contributed by atoms with E-state index >= 15 is 0 Å². The van der Waals surface area contributed by atoms with Gasteiger partial charge in [0.05, 0.1) is 11.8 Å². The number of carbonyl (C=O) groups excluding carboxylic acids is 2. The van der Waals surface area contributed by atoms with Crippen molar-refractivity contribution in [2.75, 3.05) is 5.73 Å². The molecule has 0 atom stereocenters. The van der Waals surface area contributed by atoms with Gasteiger partial charge in [0.25, 0.3) is 5.91 Å². The molecule has 6 nitrogen and oxygen atoms in total. The number of benzene rings is 1. The van der Waals surface area contributed by atoms with E-state index in [0.717, 1.165) is 0 Å². The number of nitrogens with one attached hydrogen (secondary N) is 2. The van der Waals surface area contributed by atoms with E-state index < -0.39 is 11.8 Å². The first kappa shape index (κ1) is 13.0. The quantitative estimate of drug-likeness (QED) is 0.574. The average molecular weight is 280 g/mol. The Hall–Kier alpha value is -2.47. The second-order valence-corrected chi connectivity index (χ2v) is 4.05. The summed E-state index contributed by atoms with van der Waals surface area (Å²) in [5.41, 5.74) is 10.5. The minimum atomic E-state index is -0.570. The summed E-state index contributed by atoms with van der Waals surface area (Å²) in [6.45, 7) is 0. The SMILES string of the molecule is Nc1ccc(Cl)cc1C(=O)NNC(=O)c1ccco1. The molecule has 0 saturated carbocycles. The first-order valence-electron chi connectivity index (χ1n) is 5.27. The van der Waals surface area contributed by atoms with Crippen molar-refractivity contribution in [2.45, 2.75) is 0 Å². The number of anilines is 1. The molecule has 0 radical (unpaired) electrons. The van der Waals surface area contributed by atoms with Crippen molar-refractivity contribution >= 4 is 29.1 Å². The van der Waals surface area contributed by atoms with Crippen LogP contribution in [-0.2, 0) is 0 Å². The van der Waals surface area contributed by atoms with Gasteiger partial charge in [0.15, 0.2) is 5.76 Å². The maximum atomic E-state index is 11.8. The van der Waals surface area contributed by atoms with Gasteiger partial charge in [0.1, 0.15) is 0 Å². The van der Waals surface area contributed by atoms with Gasteiger partial charge in [-0.3, -0.25) is 20.4 Å². The molecule has 19 heavy (non-hydrogen) atoms. The number of nitrogen functional groups attached to an aromatic ring is 1. The zero-order valence-electron chi connectivity index (χ0n) is 9.64. The molecule has 1 aromatic carbocycles. The molecule has 0 bridgehead atoms. The highest BCUT2D eigenvalue weighted by Crippen LogP contribution is 2.17. The molecule has 2 aromatic rings. The minimum Gasteiger partial charge on any atom is -0.459 e. The van der Waals surface area contributed by atoms with E-state index in [1.807, 2.05) is 0 Å². The van der Waals surface area contributed by atoms with Crippen molar-refractivity contribution in [1.29, 1.82) is 0 Å². The molecule has 1 heterocycles. The highest BCUT2D eigenvalue weighted by Gasteiger charge is 2.13. The number of hydrazine groups is 1. The summed E-state index contributed by atoms with van der Waals surface area (Å²) in [4.78, 5) is 23.3. The van der Waals surface area contributed by atoms with Gasteiger partial charge >= 0.3 is 5.91 Å².